The van der Waals surface area contributed by atoms with Crippen molar-refractivity contribution in [3.63, 3.8) is 0 Å². The number of allylic oxidation sites excluding steroid dienone is 1. The Bertz CT molecular complexity index is 1530. The van der Waals surface area contributed by atoms with Crippen LogP contribution < -0.4 is 0 Å². The van der Waals surface area contributed by atoms with Crippen molar-refractivity contribution in [2.45, 2.75) is 137 Å². The minimum atomic E-state index is -1.14. The minimum absolute atomic E-state index is 0.0273. The Morgan fingerprint density at radius 2 is 1.49 bits per heavy atom. The Kier molecular flexibility index (Phi) is 9.67. The number of carbonyl (C=O) groups excluding carboxylic acids is 3. The second-order valence-corrected chi connectivity index (χ2v) is 18.0. The fraction of sp³-hybridized carbons (Fsp3) is 0.738. The Balaban J connectivity index is 1.36. The molecule has 0 unspecified atom stereocenters. The van der Waals surface area contributed by atoms with Crippen molar-refractivity contribution in [1.82, 2.24) is 0 Å². The maximum atomic E-state index is 13.4. The van der Waals surface area contributed by atoms with Gasteiger partial charge in [0.25, 0.3) is 0 Å². The maximum absolute atomic E-state index is 13.4. The lowest BCUT2D eigenvalue weighted by Gasteiger charge is -2.70. The quantitative estimate of drug-likeness (QED) is 0.175. The van der Waals surface area contributed by atoms with Gasteiger partial charge < -0.3 is 28.8 Å². The predicted molar refractivity (Wildman–Crippen MR) is 191 cm³/mol. The molecule has 4 aliphatic carbocycles. The van der Waals surface area contributed by atoms with Crippen LogP contribution in [-0.2, 0) is 33.3 Å². The Hall–Kier alpha value is -2.75. The highest BCUT2D eigenvalue weighted by Crippen LogP contribution is 2.74. The van der Waals surface area contributed by atoms with Crippen molar-refractivity contribution in [2.24, 2.45) is 45.3 Å². The lowest BCUT2D eigenvalue weighted by atomic mass is 9.36. The van der Waals surface area contributed by atoms with Crippen LogP contribution in [0.5, 0.6) is 0 Å². The van der Waals surface area contributed by atoms with Gasteiger partial charge in [0, 0.05) is 50.0 Å². The SMILES string of the molecule is CO[C@@]1(C(C)(C)O)CC[C@@H]([C@@H]2CC=C3[C@]4(C)[C@H](OC(C)=O)C[C@H]5C(C)(C)[C@H](OC(=O)c6ccccc6)C[C@H](OC(C)=O)[C@]5(C)[C@H]4CC[C@]32C)CO1. The predicted octanol–water partition coefficient (Wildman–Crippen LogP) is 7.44. The number of hydrogen-bond acceptors (Lipinski definition) is 9. The number of rotatable bonds is 7. The van der Waals surface area contributed by atoms with Crippen LogP contribution in [0.1, 0.15) is 118 Å². The van der Waals surface area contributed by atoms with Gasteiger partial charge in [0.1, 0.15) is 23.9 Å². The molecule has 5 aliphatic rings. The van der Waals surface area contributed by atoms with Crippen LogP contribution in [0.4, 0.5) is 0 Å². The fourth-order valence-corrected chi connectivity index (χ4v) is 12.3. The summed E-state index contributed by atoms with van der Waals surface area (Å²) in [5.41, 5.74) is -1.00. The molecule has 282 valence electrons. The van der Waals surface area contributed by atoms with E-state index >= 15 is 0 Å². The highest BCUT2D eigenvalue weighted by atomic mass is 16.7. The van der Waals surface area contributed by atoms with Crippen LogP contribution in [0.2, 0.25) is 0 Å². The molecule has 0 radical (unpaired) electrons. The summed E-state index contributed by atoms with van der Waals surface area (Å²) in [5, 5.41) is 10.9. The molecule has 9 nitrogen and oxygen atoms in total. The third-order valence-corrected chi connectivity index (χ3v) is 14.8. The summed E-state index contributed by atoms with van der Waals surface area (Å²) in [5.74, 6) is -1.57. The number of hydrogen-bond donors (Lipinski definition) is 1. The molecule has 1 aromatic rings. The monoisotopic (exact) mass is 708 g/mol. The third kappa shape index (κ3) is 5.88. The lowest BCUT2D eigenvalue weighted by Crippen LogP contribution is -2.70. The zero-order valence-corrected chi connectivity index (χ0v) is 32.4. The molecule has 4 fully saturated rings. The summed E-state index contributed by atoms with van der Waals surface area (Å²) in [7, 11) is 1.61. The molecule has 1 aromatic carbocycles. The van der Waals surface area contributed by atoms with Gasteiger partial charge in [-0.25, -0.2) is 4.79 Å². The molecule has 51 heavy (non-hydrogen) atoms. The van der Waals surface area contributed by atoms with Gasteiger partial charge in [-0.15, -0.1) is 0 Å². The summed E-state index contributed by atoms with van der Waals surface area (Å²) in [6.45, 7) is 18.2. The number of benzene rings is 1. The van der Waals surface area contributed by atoms with E-state index in [0.717, 1.165) is 25.7 Å². The first-order valence-electron chi connectivity index (χ1n) is 19.0. The second kappa shape index (κ2) is 13.0. The molecule has 9 heteroatoms. The zero-order chi connectivity index (χ0) is 37.4. The fourth-order valence-electron chi connectivity index (χ4n) is 12.3. The number of ether oxygens (including phenoxy) is 5. The molecule has 11 atom stereocenters. The molecule has 1 saturated heterocycles. The molecule has 0 amide bonds. The molecule has 1 N–H and O–H groups in total. The topological polar surface area (TPSA) is 118 Å². The van der Waals surface area contributed by atoms with E-state index in [2.05, 4.69) is 40.7 Å². The van der Waals surface area contributed by atoms with Gasteiger partial charge in [-0.1, -0.05) is 64.5 Å². The molecule has 6 rings (SSSR count). The van der Waals surface area contributed by atoms with E-state index in [4.69, 9.17) is 23.7 Å². The lowest BCUT2D eigenvalue weighted by molar-refractivity contribution is -0.326. The molecule has 0 bridgehead atoms. The Morgan fingerprint density at radius 3 is 2.06 bits per heavy atom. The third-order valence-electron chi connectivity index (χ3n) is 14.8. The molecule has 1 aliphatic heterocycles. The highest BCUT2D eigenvalue weighted by molar-refractivity contribution is 5.89. The smallest absolute Gasteiger partial charge is 0.338 e. The minimum Gasteiger partial charge on any atom is -0.462 e. The molecular formula is C42H60O9. The summed E-state index contributed by atoms with van der Waals surface area (Å²) >= 11 is 0. The Labute approximate surface area is 304 Å². The van der Waals surface area contributed by atoms with Crippen LogP contribution >= 0.6 is 0 Å². The number of methoxy groups -OCH3 is 1. The first kappa shape index (κ1) is 38.0. The molecular weight excluding hydrogens is 648 g/mol. The van der Waals surface area contributed by atoms with Gasteiger partial charge >= 0.3 is 17.9 Å². The van der Waals surface area contributed by atoms with E-state index < -0.39 is 51.9 Å². The van der Waals surface area contributed by atoms with E-state index in [1.165, 1.54) is 19.4 Å². The van der Waals surface area contributed by atoms with Gasteiger partial charge in [0.05, 0.1) is 12.2 Å². The first-order chi connectivity index (χ1) is 23.8. The van der Waals surface area contributed by atoms with Crippen molar-refractivity contribution in [2.75, 3.05) is 13.7 Å². The van der Waals surface area contributed by atoms with Gasteiger partial charge in [0.2, 0.25) is 0 Å². The van der Waals surface area contributed by atoms with Crippen molar-refractivity contribution in [1.29, 1.82) is 0 Å². The normalized spacial score (nSPS) is 41.6. The van der Waals surface area contributed by atoms with E-state index in [1.807, 2.05) is 18.2 Å². The first-order valence-corrected chi connectivity index (χ1v) is 19.0. The molecule has 3 saturated carbocycles. The average Bonchev–Trinajstić information content (AvgIpc) is 3.42. The average molecular weight is 709 g/mol. The van der Waals surface area contributed by atoms with Crippen molar-refractivity contribution >= 4 is 17.9 Å². The van der Waals surface area contributed by atoms with Crippen LogP contribution in [0.25, 0.3) is 0 Å². The van der Waals surface area contributed by atoms with E-state index in [1.54, 1.807) is 33.1 Å². The number of fused-ring (bicyclic) bond motifs is 5. The second-order valence-electron chi connectivity index (χ2n) is 18.0. The summed E-state index contributed by atoms with van der Waals surface area (Å²) in [6, 6.07) is 8.99. The van der Waals surface area contributed by atoms with Gasteiger partial charge in [-0.05, 0) is 87.2 Å². The molecule has 0 spiro atoms. The zero-order valence-electron chi connectivity index (χ0n) is 32.4. The molecule has 1 heterocycles. The number of aliphatic hydroxyl groups is 1. The molecule has 0 aromatic heterocycles. The van der Waals surface area contributed by atoms with Crippen molar-refractivity contribution in [3.05, 3.63) is 47.5 Å². The van der Waals surface area contributed by atoms with Gasteiger partial charge in [0.15, 0.2) is 5.79 Å². The van der Waals surface area contributed by atoms with Crippen molar-refractivity contribution in [3.8, 4) is 0 Å². The summed E-state index contributed by atoms with van der Waals surface area (Å²) in [4.78, 5) is 39.2. The van der Waals surface area contributed by atoms with Crippen molar-refractivity contribution < 1.29 is 43.2 Å². The summed E-state index contributed by atoms with van der Waals surface area (Å²) < 4.78 is 31.2. The number of esters is 3. The van der Waals surface area contributed by atoms with Gasteiger partial charge in [-0.2, -0.15) is 0 Å². The largest absolute Gasteiger partial charge is 0.462 e. The van der Waals surface area contributed by atoms with Crippen LogP contribution in [0.3, 0.4) is 0 Å². The highest BCUT2D eigenvalue weighted by Gasteiger charge is 2.73. The van der Waals surface area contributed by atoms with E-state index in [-0.39, 0.29) is 35.1 Å². The Morgan fingerprint density at radius 1 is 0.843 bits per heavy atom. The van der Waals surface area contributed by atoms with Crippen LogP contribution in [0, 0.1) is 45.3 Å². The van der Waals surface area contributed by atoms with Crippen LogP contribution in [0.15, 0.2) is 42.0 Å². The summed E-state index contributed by atoms with van der Waals surface area (Å²) in [6.07, 6.45) is 6.12. The van der Waals surface area contributed by atoms with E-state index in [0.29, 0.717) is 37.4 Å². The maximum Gasteiger partial charge on any atom is 0.338 e. The van der Waals surface area contributed by atoms with Crippen LogP contribution in [-0.4, -0.2) is 66.4 Å². The standard InChI is InChI=1S/C42H60O9/c1-25(43)49-34-22-32-37(3,4)33(51-36(45)27-14-12-11-13-15-27)23-35(50-26(2)44)41(32,9)31-19-20-39(7)29(16-17-30(39)40(31,34)8)28-18-21-42(47-10,48-24-28)38(5,6)46/h11-15,17,28-29,31-35,46H,16,18-24H2,1-10H3/t28-,29+,31+,32+,33-,34-,35+,39+,40+,41-,42+/m1/s1. The number of carbonyl (C=O) groups is 3. The van der Waals surface area contributed by atoms with E-state index in [9.17, 15) is 19.5 Å². The van der Waals surface area contributed by atoms with Gasteiger partial charge in [-0.3, -0.25) is 9.59 Å².